The predicted molar refractivity (Wildman–Crippen MR) is 81.2 cm³/mol. The van der Waals surface area contributed by atoms with Crippen molar-refractivity contribution in [3.05, 3.63) is 59.8 Å². The van der Waals surface area contributed by atoms with Gasteiger partial charge < -0.3 is 9.47 Å². The highest BCUT2D eigenvalue weighted by Gasteiger charge is 2.05. The van der Waals surface area contributed by atoms with E-state index in [2.05, 4.69) is 4.98 Å². The summed E-state index contributed by atoms with van der Waals surface area (Å²) < 4.78 is 10.6. The van der Waals surface area contributed by atoms with Gasteiger partial charge in [0.1, 0.15) is 5.75 Å². The van der Waals surface area contributed by atoms with Gasteiger partial charge in [-0.15, -0.1) is 0 Å². The molecule has 1 aromatic carbocycles. The van der Waals surface area contributed by atoms with Crippen LogP contribution >= 0.6 is 0 Å². The Kier molecular flexibility index (Phi) is 5.10. The summed E-state index contributed by atoms with van der Waals surface area (Å²) in [4.78, 5) is 15.5. The Hall–Kier alpha value is -2.62. The molecule has 0 radical (unpaired) electrons. The fourth-order valence-corrected chi connectivity index (χ4v) is 1.76. The van der Waals surface area contributed by atoms with E-state index in [1.165, 1.54) is 6.08 Å². The number of carbonyl (C=O) groups is 1. The van der Waals surface area contributed by atoms with Gasteiger partial charge in [0.15, 0.2) is 0 Å². The molecule has 4 nitrogen and oxygen atoms in total. The number of pyridine rings is 1. The first-order chi connectivity index (χ1) is 10.2. The number of hydrogen-bond acceptors (Lipinski definition) is 4. The van der Waals surface area contributed by atoms with E-state index >= 15 is 0 Å². The van der Waals surface area contributed by atoms with Crippen molar-refractivity contribution in [3.8, 4) is 11.6 Å². The van der Waals surface area contributed by atoms with Gasteiger partial charge in [0.05, 0.1) is 6.61 Å². The van der Waals surface area contributed by atoms with Crippen LogP contribution in [0.15, 0.2) is 48.7 Å². The van der Waals surface area contributed by atoms with Crippen LogP contribution in [0.4, 0.5) is 0 Å². The molecule has 2 rings (SSSR count). The number of nitrogens with zero attached hydrogens (tertiary/aromatic N) is 1. The van der Waals surface area contributed by atoms with Crippen LogP contribution in [-0.4, -0.2) is 17.6 Å². The minimum absolute atomic E-state index is 0.355. The molecule has 0 saturated carbocycles. The van der Waals surface area contributed by atoms with Gasteiger partial charge in [-0.3, -0.25) is 0 Å². The van der Waals surface area contributed by atoms with Crippen LogP contribution in [0, 0.1) is 6.92 Å². The second-order valence-corrected chi connectivity index (χ2v) is 4.40. The third-order valence-corrected chi connectivity index (χ3v) is 2.70. The summed E-state index contributed by atoms with van der Waals surface area (Å²) in [7, 11) is 0. The number of hydrogen-bond donors (Lipinski definition) is 0. The van der Waals surface area contributed by atoms with Crippen LogP contribution in [0.2, 0.25) is 0 Å². The van der Waals surface area contributed by atoms with Crippen molar-refractivity contribution in [1.82, 2.24) is 4.98 Å². The van der Waals surface area contributed by atoms with Crippen molar-refractivity contribution < 1.29 is 14.3 Å². The van der Waals surface area contributed by atoms with E-state index < -0.39 is 0 Å². The summed E-state index contributed by atoms with van der Waals surface area (Å²) in [5.74, 6) is 0.773. The molecule has 1 heterocycles. The lowest BCUT2D eigenvalue weighted by atomic mass is 10.1. The second-order valence-electron chi connectivity index (χ2n) is 4.40. The Morgan fingerprint density at radius 3 is 2.86 bits per heavy atom. The standard InChI is InChI=1S/C17H17NO3/c1-3-20-17(19)10-8-14-12-13(2)7-9-15(14)21-16-6-4-5-11-18-16/h4-12H,3H2,1-2H3/b10-8+. The molecule has 0 aliphatic rings. The number of rotatable bonds is 5. The zero-order valence-corrected chi connectivity index (χ0v) is 12.1. The first-order valence-electron chi connectivity index (χ1n) is 6.73. The highest BCUT2D eigenvalue weighted by Crippen LogP contribution is 2.26. The van der Waals surface area contributed by atoms with Crippen LogP contribution in [0.25, 0.3) is 6.08 Å². The van der Waals surface area contributed by atoms with Crippen molar-refractivity contribution in [2.75, 3.05) is 6.61 Å². The molecule has 0 atom stereocenters. The maximum absolute atomic E-state index is 11.4. The molecule has 0 N–H and O–H groups in total. The molecule has 0 bridgehead atoms. The molecule has 4 heteroatoms. The minimum atomic E-state index is -0.372. The lowest BCUT2D eigenvalue weighted by molar-refractivity contribution is -0.137. The van der Waals surface area contributed by atoms with E-state index in [9.17, 15) is 4.79 Å². The van der Waals surface area contributed by atoms with Crippen LogP contribution < -0.4 is 4.74 Å². The molecule has 0 aliphatic carbocycles. The monoisotopic (exact) mass is 283 g/mol. The zero-order chi connectivity index (χ0) is 15.1. The second kappa shape index (κ2) is 7.24. The fourth-order valence-electron chi connectivity index (χ4n) is 1.76. The highest BCUT2D eigenvalue weighted by molar-refractivity contribution is 5.87. The normalized spacial score (nSPS) is 10.6. The number of benzene rings is 1. The highest BCUT2D eigenvalue weighted by atomic mass is 16.5. The largest absolute Gasteiger partial charge is 0.463 e. The van der Waals surface area contributed by atoms with Gasteiger partial charge in [-0.25, -0.2) is 9.78 Å². The fraction of sp³-hybridized carbons (Fsp3) is 0.176. The summed E-state index contributed by atoms with van der Waals surface area (Å²) in [6.07, 6.45) is 4.74. The Bertz CT molecular complexity index is 636. The average molecular weight is 283 g/mol. The quantitative estimate of drug-likeness (QED) is 0.619. The molecule has 21 heavy (non-hydrogen) atoms. The van der Waals surface area contributed by atoms with Crippen LogP contribution in [0.5, 0.6) is 11.6 Å². The molecule has 108 valence electrons. The van der Waals surface area contributed by atoms with E-state index in [0.29, 0.717) is 18.2 Å². The molecule has 0 unspecified atom stereocenters. The van der Waals surface area contributed by atoms with Crippen molar-refractivity contribution in [2.24, 2.45) is 0 Å². The van der Waals surface area contributed by atoms with Crippen molar-refractivity contribution in [1.29, 1.82) is 0 Å². The topological polar surface area (TPSA) is 48.4 Å². The van der Waals surface area contributed by atoms with Gasteiger partial charge in [-0.2, -0.15) is 0 Å². The lowest BCUT2D eigenvalue weighted by Gasteiger charge is -2.08. The molecule has 0 amide bonds. The SMILES string of the molecule is CCOC(=O)/C=C/c1cc(C)ccc1Oc1ccccn1. The Morgan fingerprint density at radius 2 is 2.14 bits per heavy atom. The van der Waals surface area contributed by atoms with Gasteiger partial charge in [0.2, 0.25) is 5.88 Å². The van der Waals surface area contributed by atoms with Gasteiger partial charge >= 0.3 is 5.97 Å². The summed E-state index contributed by atoms with van der Waals surface area (Å²) in [6.45, 7) is 4.11. The van der Waals surface area contributed by atoms with E-state index in [1.54, 1.807) is 25.3 Å². The lowest BCUT2D eigenvalue weighted by Crippen LogP contribution is -1.99. The maximum atomic E-state index is 11.4. The minimum Gasteiger partial charge on any atom is -0.463 e. The number of carbonyl (C=O) groups excluding carboxylic acids is 1. The molecular weight excluding hydrogens is 266 g/mol. The Labute approximate surface area is 124 Å². The number of ether oxygens (including phenoxy) is 2. The van der Waals surface area contributed by atoms with E-state index in [0.717, 1.165) is 11.1 Å². The van der Waals surface area contributed by atoms with Crippen molar-refractivity contribution >= 4 is 12.0 Å². The average Bonchev–Trinajstić information content (AvgIpc) is 2.49. The summed E-state index contributed by atoms with van der Waals surface area (Å²) in [6, 6.07) is 11.2. The number of aryl methyl sites for hydroxylation is 1. The molecular formula is C17H17NO3. The van der Waals surface area contributed by atoms with E-state index in [1.807, 2.05) is 37.3 Å². The predicted octanol–water partition coefficient (Wildman–Crippen LogP) is 3.76. The summed E-state index contributed by atoms with van der Waals surface area (Å²) >= 11 is 0. The smallest absolute Gasteiger partial charge is 0.330 e. The maximum Gasteiger partial charge on any atom is 0.330 e. The van der Waals surface area contributed by atoms with Crippen molar-refractivity contribution in [2.45, 2.75) is 13.8 Å². The number of esters is 1. The molecule has 2 aromatic rings. The molecule has 0 fully saturated rings. The van der Waals surface area contributed by atoms with Crippen molar-refractivity contribution in [3.63, 3.8) is 0 Å². The van der Waals surface area contributed by atoms with E-state index in [-0.39, 0.29) is 5.97 Å². The van der Waals surface area contributed by atoms with Gasteiger partial charge in [0.25, 0.3) is 0 Å². The van der Waals surface area contributed by atoms with Gasteiger partial charge in [-0.05, 0) is 38.1 Å². The molecule has 0 saturated heterocycles. The van der Waals surface area contributed by atoms with Gasteiger partial charge in [-0.1, -0.05) is 17.7 Å². The Morgan fingerprint density at radius 1 is 1.29 bits per heavy atom. The third kappa shape index (κ3) is 4.45. The molecule has 0 aliphatic heterocycles. The first kappa shape index (κ1) is 14.8. The first-order valence-corrected chi connectivity index (χ1v) is 6.73. The van der Waals surface area contributed by atoms with Crippen LogP contribution in [-0.2, 0) is 9.53 Å². The third-order valence-electron chi connectivity index (χ3n) is 2.70. The van der Waals surface area contributed by atoms with Crippen LogP contribution in [0.1, 0.15) is 18.1 Å². The summed E-state index contributed by atoms with van der Waals surface area (Å²) in [5.41, 5.74) is 1.88. The summed E-state index contributed by atoms with van der Waals surface area (Å²) in [5, 5.41) is 0. The zero-order valence-electron chi connectivity index (χ0n) is 12.1. The van der Waals surface area contributed by atoms with Crippen LogP contribution in [0.3, 0.4) is 0 Å². The Balaban J connectivity index is 2.23. The molecule has 0 spiro atoms. The van der Waals surface area contributed by atoms with E-state index in [4.69, 9.17) is 9.47 Å². The van der Waals surface area contributed by atoms with Gasteiger partial charge in [0, 0.05) is 23.9 Å². The number of aromatic nitrogens is 1. The molecule has 1 aromatic heterocycles.